The number of benzene rings is 1. The van der Waals surface area contributed by atoms with Crippen molar-refractivity contribution < 1.29 is 13.6 Å². The molecular weight excluding hydrogens is 462 g/mol. The molecule has 2 aromatic rings. The highest BCUT2D eigenvalue weighted by molar-refractivity contribution is 14.0. The molecule has 27 heavy (non-hydrogen) atoms. The summed E-state index contributed by atoms with van der Waals surface area (Å²) in [7, 11) is 0. The zero-order valence-corrected chi connectivity index (χ0v) is 18.0. The zero-order chi connectivity index (χ0) is 18.9. The van der Waals surface area contributed by atoms with Crippen LogP contribution in [0.3, 0.4) is 0 Å². The van der Waals surface area contributed by atoms with E-state index in [1.807, 2.05) is 19.9 Å². The minimum Gasteiger partial charge on any atom is -0.459 e. The molecule has 0 aliphatic carbocycles. The average Bonchev–Trinajstić information content (AvgIpc) is 3.15. The van der Waals surface area contributed by atoms with Gasteiger partial charge in [-0.05, 0) is 50.1 Å². The minimum absolute atomic E-state index is 0. The first-order valence-electron chi connectivity index (χ1n) is 8.64. The molecule has 0 radical (unpaired) electrons. The van der Waals surface area contributed by atoms with Gasteiger partial charge in [0.1, 0.15) is 5.82 Å². The summed E-state index contributed by atoms with van der Waals surface area (Å²) in [5.41, 5.74) is 1.46. The molecule has 148 valence electrons. The highest BCUT2D eigenvalue weighted by Crippen LogP contribution is 2.16. The Kier molecular flexibility index (Phi) is 9.84. The van der Waals surface area contributed by atoms with Gasteiger partial charge < -0.3 is 20.4 Å². The summed E-state index contributed by atoms with van der Waals surface area (Å²) in [6, 6.07) is 8.34. The van der Waals surface area contributed by atoms with Crippen molar-refractivity contribution >= 4 is 35.8 Å². The summed E-state index contributed by atoms with van der Waals surface area (Å²) < 4.78 is 18.8. The first-order valence-corrected chi connectivity index (χ1v) is 8.64. The van der Waals surface area contributed by atoms with Crippen LogP contribution < -0.4 is 16.0 Å². The van der Waals surface area contributed by atoms with E-state index in [2.05, 4.69) is 20.9 Å². The maximum atomic E-state index is 13.7. The number of amides is 1. The van der Waals surface area contributed by atoms with Crippen LogP contribution in [-0.2, 0) is 0 Å². The average molecular weight is 488 g/mol. The lowest BCUT2D eigenvalue weighted by molar-refractivity contribution is 0.0927. The topological polar surface area (TPSA) is 78.7 Å². The molecule has 1 heterocycles. The molecule has 2 rings (SSSR count). The molecule has 1 amide bonds. The van der Waals surface area contributed by atoms with Crippen LogP contribution >= 0.6 is 24.0 Å². The number of carbonyl (C=O) groups excluding carboxylic acids is 1. The van der Waals surface area contributed by atoms with E-state index in [0.717, 1.165) is 5.56 Å². The van der Waals surface area contributed by atoms with Crippen LogP contribution in [0.5, 0.6) is 0 Å². The van der Waals surface area contributed by atoms with Crippen LogP contribution in [0.1, 0.15) is 41.6 Å². The number of rotatable bonds is 7. The van der Waals surface area contributed by atoms with Crippen molar-refractivity contribution in [3.8, 4) is 0 Å². The van der Waals surface area contributed by atoms with Crippen molar-refractivity contribution in [2.45, 2.75) is 26.8 Å². The smallest absolute Gasteiger partial charge is 0.287 e. The lowest BCUT2D eigenvalue weighted by Crippen LogP contribution is -2.39. The fourth-order valence-electron chi connectivity index (χ4n) is 2.32. The van der Waals surface area contributed by atoms with Gasteiger partial charge in [-0.25, -0.2) is 4.39 Å². The Morgan fingerprint density at radius 1 is 1.30 bits per heavy atom. The Morgan fingerprint density at radius 2 is 2.07 bits per heavy atom. The lowest BCUT2D eigenvalue weighted by Gasteiger charge is -2.18. The van der Waals surface area contributed by atoms with E-state index < -0.39 is 0 Å². The number of halogens is 2. The fourth-order valence-corrected chi connectivity index (χ4v) is 2.32. The molecule has 0 saturated heterocycles. The van der Waals surface area contributed by atoms with Crippen molar-refractivity contribution in [1.29, 1.82) is 0 Å². The quantitative estimate of drug-likeness (QED) is 0.242. The monoisotopic (exact) mass is 488 g/mol. The van der Waals surface area contributed by atoms with Gasteiger partial charge in [0.2, 0.25) is 0 Å². The molecule has 0 bridgehead atoms. The van der Waals surface area contributed by atoms with E-state index in [0.29, 0.717) is 31.2 Å². The molecule has 1 atom stereocenters. The van der Waals surface area contributed by atoms with E-state index in [-0.39, 0.29) is 47.5 Å². The third-order valence-electron chi connectivity index (χ3n) is 3.81. The summed E-state index contributed by atoms with van der Waals surface area (Å²) in [5.74, 6) is 0.382. The molecule has 1 aromatic heterocycles. The van der Waals surface area contributed by atoms with Crippen LogP contribution in [0.25, 0.3) is 0 Å². The molecule has 3 N–H and O–H groups in total. The molecule has 0 spiro atoms. The van der Waals surface area contributed by atoms with Gasteiger partial charge in [0.05, 0.1) is 18.8 Å². The van der Waals surface area contributed by atoms with E-state index >= 15 is 0 Å². The summed E-state index contributed by atoms with van der Waals surface area (Å²) in [4.78, 5) is 16.2. The maximum absolute atomic E-state index is 13.7. The molecule has 6 nitrogen and oxygen atoms in total. The van der Waals surface area contributed by atoms with Gasteiger partial charge in [-0.2, -0.15) is 0 Å². The van der Waals surface area contributed by atoms with E-state index in [1.54, 1.807) is 25.1 Å². The van der Waals surface area contributed by atoms with Gasteiger partial charge in [-0.1, -0.05) is 12.1 Å². The third-order valence-corrected chi connectivity index (χ3v) is 3.81. The predicted molar refractivity (Wildman–Crippen MR) is 115 cm³/mol. The number of guanidine groups is 1. The Morgan fingerprint density at radius 3 is 2.70 bits per heavy atom. The van der Waals surface area contributed by atoms with Crippen LogP contribution in [0.2, 0.25) is 0 Å². The lowest BCUT2D eigenvalue weighted by atomic mass is 10.1. The highest BCUT2D eigenvalue weighted by atomic mass is 127. The van der Waals surface area contributed by atoms with Crippen molar-refractivity contribution in [2.24, 2.45) is 4.99 Å². The number of nitrogens with one attached hydrogen (secondary N) is 3. The first kappa shape index (κ1) is 22.9. The predicted octanol–water partition coefficient (Wildman–Crippen LogP) is 3.39. The molecule has 1 aromatic carbocycles. The normalized spacial score (nSPS) is 12.1. The minimum atomic E-state index is -0.272. The Balaban J connectivity index is 0.00000364. The van der Waals surface area contributed by atoms with Crippen molar-refractivity contribution in [3.63, 3.8) is 0 Å². The summed E-state index contributed by atoms with van der Waals surface area (Å²) in [6.45, 7) is 7.11. The number of furan rings is 1. The second kappa shape index (κ2) is 11.6. The molecule has 0 aliphatic heterocycles. The molecule has 0 aliphatic rings. The second-order valence-corrected chi connectivity index (χ2v) is 5.87. The number of nitrogens with zero attached hydrogens (tertiary/aromatic N) is 1. The molecule has 1 unspecified atom stereocenters. The summed E-state index contributed by atoms with van der Waals surface area (Å²) in [6.07, 6.45) is 1.45. The maximum Gasteiger partial charge on any atom is 0.287 e. The van der Waals surface area contributed by atoms with Crippen LogP contribution in [0, 0.1) is 12.7 Å². The first-order chi connectivity index (χ1) is 12.5. The number of aliphatic imine (C=N–C) groups is 1. The largest absolute Gasteiger partial charge is 0.459 e. The number of aryl methyl sites for hydroxylation is 1. The van der Waals surface area contributed by atoms with Gasteiger partial charge in [-0.3, -0.25) is 9.79 Å². The molecule has 8 heteroatoms. The highest BCUT2D eigenvalue weighted by Gasteiger charge is 2.10. The molecular formula is C19H26FIN4O2. The molecule has 0 fully saturated rings. The van der Waals surface area contributed by atoms with E-state index in [1.165, 1.54) is 12.3 Å². The second-order valence-electron chi connectivity index (χ2n) is 5.87. The Bertz CT molecular complexity index is 750. The van der Waals surface area contributed by atoms with Gasteiger partial charge in [0.25, 0.3) is 5.91 Å². The third kappa shape index (κ3) is 7.20. The number of hydrogen-bond acceptors (Lipinski definition) is 3. The van der Waals surface area contributed by atoms with Gasteiger partial charge in [-0.15, -0.1) is 24.0 Å². The Hall–Kier alpha value is -2.10. The van der Waals surface area contributed by atoms with Crippen molar-refractivity contribution in [2.75, 3.05) is 19.6 Å². The standard InChI is InChI=1S/C19H25FN4O2.HI/c1-4-21-19(23-10-9-22-18(25)17-6-5-11-26-17)24-14(3)15-8-7-13(2)16(20)12-15;/h5-8,11-12,14H,4,9-10H2,1-3H3,(H,22,25)(H2,21,23,24);1H. The van der Waals surface area contributed by atoms with Crippen LogP contribution in [0.4, 0.5) is 4.39 Å². The van der Waals surface area contributed by atoms with E-state index in [4.69, 9.17) is 4.42 Å². The Labute approximate surface area is 176 Å². The van der Waals surface area contributed by atoms with Crippen molar-refractivity contribution in [1.82, 2.24) is 16.0 Å². The van der Waals surface area contributed by atoms with Crippen LogP contribution in [0.15, 0.2) is 46.0 Å². The number of carbonyl (C=O) groups is 1. The summed E-state index contributed by atoms with van der Waals surface area (Å²) >= 11 is 0. The zero-order valence-electron chi connectivity index (χ0n) is 15.7. The van der Waals surface area contributed by atoms with Gasteiger partial charge >= 0.3 is 0 Å². The SMILES string of the molecule is CCNC(=NCCNC(=O)c1ccco1)NC(C)c1ccc(C)c(F)c1.I. The van der Waals surface area contributed by atoms with Crippen LogP contribution in [-0.4, -0.2) is 31.5 Å². The molecule has 0 saturated carbocycles. The van der Waals surface area contributed by atoms with Gasteiger partial charge in [0, 0.05) is 13.1 Å². The van der Waals surface area contributed by atoms with Crippen molar-refractivity contribution in [3.05, 3.63) is 59.3 Å². The fraction of sp³-hybridized carbons (Fsp3) is 0.368. The number of hydrogen-bond donors (Lipinski definition) is 3. The van der Waals surface area contributed by atoms with Gasteiger partial charge in [0.15, 0.2) is 11.7 Å². The van der Waals surface area contributed by atoms with E-state index in [9.17, 15) is 9.18 Å². The summed E-state index contributed by atoms with van der Waals surface area (Å²) in [5, 5.41) is 9.11.